The van der Waals surface area contributed by atoms with Gasteiger partial charge in [-0.3, -0.25) is 4.79 Å². The first-order chi connectivity index (χ1) is 21.0. The van der Waals surface area contributed by atoms with Crippen LogP contribution in [0.4, 0.5) is 0 Å². The molecule has 2 aromatic rings. The number of ether oxygens (including phenoxy) is 10. The largest absolute Gasteiger partial charge is 0.493 e. The van der Waals surface area contributed by atoms with E-state index in [1.54, 1.807) is 26.4 Å². The lowest BCUT2D eigenvalue weighted by atomic mass is 9.75. The van der Waals surface area contributed by atoms with Crippen molar-refractivity contribution in [2.45, 2.75) is 43.5 Å². The predicted octanol–water partition coefficient (Wildman–Crippen LogP) is 2.38. The molecular formula is C31H34O12. The molecule has 1 N–H and O–H groups in total. The van der Waals surface area contributed by atoms with Crippen molar-refractivity contribution in [3.05, 3.63) is 41.5 Å². The summed E-state index contributed by atoms with van der Waals surface area (Å²) in [5.74, 6) is 4.90. The second-order valence-corrected chi connectivity index (χ2v) is 10.6. The highest BCUT2D eigenvalue weighted by molar-refractivity contribution is 5.76. The fourth-order valence-electron chi connectivity index (χ4n) is 6.07. The van der Waals surface area contributed by atoms with Gasteiger partial charge in [0.1, 0.15) is 25.6 Å². The highest BCUT2D eigenvalue weighted by atomic mass is 16.7. The summed E-state index contributed by atoms with van der Waals surface area (Å²) in [6.07, 6.45) is 3.39. The van der Waals surface area contributed by atoms with E-state index in [4.69, 9.17) is 53.8 Å². The van der Waals surface area contributed by atoms with E-state index in [9.17, 15) is 9.90 Å². The Morgan fingerprint density at radius 2 is 1.81 bits per heavy atom. The molecule has 230 valence electrons. The molecule has 0 bridgehead atoms. The second kappa shape index (κ2) is 12.9. The van der Waals surface area contributed by atoms with Crippen LogP contribution in [-0.2, 0) is 34.9 Å². The SMILES string of the molecule is C#CCOc1c(OC)cccc1OC.O=C1OCC2C(OC3CC(O)C4OCOCC4O3)c3cc4c(cc3C[C@@H]12)OCO4. The van der Waals surface area contributed by atoms with E-state index >= 15 is 0 Å². The maximum Gasteiger partial charge on any atom is 0.309 e. The van der Waals surface area contributed by atoms with E-state index in [2.05, 4.69) is 5.92 Å². The molecule has 12 nitrogen and oxygen atoms in total. The summed E-state index contributed by atoms with van der Waals surface area (Å²) in [7, 11) is 3.13. The average molecular weight is 599 g/mol. The summed E-state index contributed by atoms with van der Waals surface area (Å²) < 4.78 is 55.1. The molecule has 2 aromatic carbocycles. The van der Waals surface area contributed by atoms with E-state index in [0.717, 1.165) is 11.1 Å². The number of methoxy groups -OCH3 is 2. The molecule has 0 spiro atoms. The van der Waals surface area contributed by atoms with Gasteiger partial charge in [-0.05, 0) is 41.8 Å². The van der Waals surface area contributed by atoms with E-state index in [-0.39, 0.29) is 44.4 Å². The zero-order valence-corrected chi connectivity index (χ0v) is 23.9. The molecule has 0 radical (unpaired) electrons. The Morgan fingerprint density at radius 3 is 2.56 bits per heavy atom. The summed E-state index contributed by atoms with van der Waals surface area (Å²) in [4.78, 5) is 12.3. The first-order valence-corrected chi connectivity index (χ1v) is 14.0. The van der Waals surface area contributed by atoms with Gasteiger partial charge < -0.3 is 52.5 Å². The lowest BCUT2D eigenvalue weighted by Crippen LogP contribution is -2.55. The third-order valence-electron chi connectivity index (χ3n) is 8.12. The zero-order chi connectivity index (χ0) is 29.9. The summed E-state index contributed by atoms with van der Waals surface area (Å²) in [6, 6.07) is 9.24. The van der Waals surface area contributed by atoms with Crippen molar-refractivity contribution >= 4 is 5.97 Å². The van der Waals surface area contributed by atoms with Crippen LogP contribution in [0.2, 0.25) is 0 Å². The fraction of sp³-hybridized carbons (Fsp3) is 0.516. The minimum Gasteiger partial charge on any atom is -0.493 e. The Hall–Kier alpha value is -3.73. The molecule has 3 saturated heterocycles. The molecule has 43 heavy (non-hydrogen) atoms. The molecule has 0 saturated carbocycles. The van der Waals surface area contributed by atoms with Gasteiger partial charge >= 0.3 is 5.97 Å². The zero-order valence-electron chi connectivity index (χ0n) is 23.9. The monoisotopic (exact) mass is 598 g/mol. The minimum absolute atomic E-state index is 0.118. The molecule has 3 fully saturated rings. The van der Waals surface area contributed by atoms with Crippen molar-refractivity contribution in [2.75, 3.05) is 47.6 Å². The number of fused-ring (bicyclic) bond motifs is 4. The van der Waals surface area contributed by atoms with Gasteiger partial charge in [-0.15, -0.1) is 6.42 Å². The Bertz CT molecular complexity index is 1330. The van der Waals surface area contributed by atoms with Crippen molar-refractivity contribution in [1.29, 1.82) is 0 Å². The van der Waals surface area contributed by atoms with E-state index < -0.39 is 30.7 Å². The minimum atomic E-state index is -0.709. The number of cyclic esters (lactones) is 1. The third-order valence-corrected chi connectivity index (χ3v) is 8.12. The molecular weight excluding hydrogens is 564 g/mol. The number of hydrogen-bond donors (Lipinski definition) is 1. The molecule has 0 aromatic heterocycles. The maximum absolute atomic E-state index is 12.3. The van der Waals surface area contributed by atoms with Gasteiger partial charge in [-0.25, -0.2) is 0 Å². The van der Waals surface area contributed by atoms with Crippen LogP contribution < -0.4 is 23.7 Å². The Labute approximate surface area is 248 Å². The van der Waals surface area contributed by atoms with Crippen LogP contribution in [0.1, 0.15) is 23.7 Å². The number of aliphatic hydroxyl groups excluding tert-OH is 1. The quantitative estimate of drug-likeness (QED) is 0.387. The third kappa shape index (κ3) is 5.91. The van der Waals surface area contributed by atoms with Crippen LogP contribution in [0.5, 0.6) is 28.7 Å². The Kier molecular flexibility index (Phi) is 8.78. The first kappa shape index (κ1) is 29.3. The Balaban J connectivity index is 0.000000200. The number of hydrogen-bond acceptors (Lipinski definition) is 12. The van der Waals surface area contributed by atoms with E-state index in [0.29, 0.717) is 48.4 Å². The topological polar surface area (TPSA) is 130 Å². The number of rotatable bonds is 6. The summed E-state index contributed by atoms with van der Waals surface area (Å²) in [5, 5.41) is 10.5. The highest BCUT2D eigenvalue weighted by Gasteiger charge is 2.50. The van der Waals surface area contributed by atoms with Crippen molar-refractivity contribution in [1.82, 2.24) is 0 Å². The predicted molar refractivity (Wildman–Crippen MR) is 147 cm³/mol. The highest BCUT2D eigenvalue weighted by Crippen LogP contribution is 2.49. The molecule has 6 unspecified atom stereocenters. The van der Waals surface area contributed by atoms with Gasteiger partial charge in [0.25, 0.3) is 0 Å². The molecule has 7 atom stereocenters. The van der Waals surface area contributed by atoms with Crippen LogP contribution in [0, 0.1) is 24.2 Å². The lowest BCUT2D eigenvalue weighted by Gasteiger charge is -2.43. The molecule has 4 aliphatic heterocycles. The van der Waals surface area contributed by atoms with Crippen LogP contribution in [-0.4, -0.2) is 83.3 Å². The van der Waals surface area contributed by atoms with Crippen molar-refractivity contribution in [3.8, 4) is 41.1 Å². The second-order valence-electron chi connectivity index (χ2n) is 10.6. The number of carbonyl (C=O) groups is 1. The standard InChI is InChI=1S/C20H22O9.C11H12O3/c21-13-4-17(28-16-6-23-7-27-19(13)16)29-18-10-3-15-14(25-8-26-15)2-9(10)1-11-12(18)5-24-20(11)22;1-4-8-14-11-9(12-2)6-5-7-10(11)13-3/h2-3,11-13,16-19,21H,1,4-8H2;1,5-7H,8H2,2-3H3/t11-,12?,13?,16?,17?,18?,19?;/m1./s1. The van der Waals surface area contributed by atoms with Gasteiger partial charge in [0.15, 0.2) is 29.3 Å². The Morgan fingerprint density at radius 1 is 1.05 bits per heavy atom. The number of terminal acetylenes is 1. The van der Waals surface area contributed by atoms with Crippen molar-refractivity contribution < 1.29 is 57.3 Å². The normalized spacial score (nSPS) is 29.9. The molecule has 7 rings (SSSR count). The fourth-order valence-corrected chi connectivity index (χ4v) is 6.07. The average Bonchev–Trinajstić information content (AvgIpc) is 3.65. The summed E-state index contributed by atoms with van der Waals surface area (Å²) in [6.45, 7) is 1.17. The van der Waals surface area contributed by atoms with Gasteiger partial charge in [0, 0.05) is 12.3 Å². The summed E-state index contributed by atoms with van der Waals surface area (Å²) >= 11 is 0. The number of benzene rings is 2. The number of esters is 1. The van der Waals surface area contributed by atoms with Crippen LogP contribution in [0.25, 0.3) is 0 Å². The van der Waals surface area contributed by atoms with E-state index in [1.807, 2.05) is 18.2 Å². The van der Waals surface area contributed by atoms with Gasteiger partial charge in [-0.1, -0.05) is 12.0 Å². The number of para-hydroxylation sites is 1. The first-order valence-electron chi connectivity index (χ1n) is 14.0. The molecule has 1 aliphatic carbocycles. The summed E-state index contributed by atoms with van der Waals surface area (Å²) in [5.41, 5.74) is 1.93. The smallest absolute Gasteiger partial charge is 0.309 e. The molecule has 0 amide bonds. The van der Waals surface area contributed by atoms with Crippen LogP contribution in [0.3, 0.4) is 0 Å². The lowest BCUT2D eigenvalue weighted by molar-refractivity contribution is -0.319. The van der Waals surface area contributed by atoms with Crippen LogP contribution >= 0.6 is 0 Å². The van der Waals surface area contributed by atoms with Gasteiger partial charge in [0.2, 0.25) is 12.5 Å². The van der Waals surface area contributed by atoms with Gasteiger partial charge in [-0.2, -0.15) is 0 Å². The van der Waals surface area contributed by atoms with Crippen molar-refractivity contribution in [2.24, 2.45) is 11.8 Å². The van der Waals surface area contributed by atoms with E-state index in [1.165, 1.54) is 0 Å². The number of carbonyl (C=O) groups excluding carboxylic acids is 1. The van der Waals surface area contributed by atoms with Gasteiger partial charge in [0.05, 0.1) is 45.6 Å². The molecule has 5 aliphatic rings. The van der Waals surface area contributed by atoms with Crippen LogP contribution in [0.15, 0.2) is 30.3 Å². The van der Waals surface area contributed by atoms with Crippen molar-refractivity contribution in [3.63, 3.8) is 0 Å². The maximum atomic E-state index is 12.3. The molecule has 12 heteroatoms. The number of aliphatic hydroxyl groups is 1. The molecule has 4 heterocycles.